The number of unbranched alkanes of at least 4 members (excludes halogenated alkanes) is 52. The lowest BCUT2D eigenvalue weighted by molar-refractivity contribution is -0.143. The number of aliphatic hydroxyl groups is 2. The van der Waals surface area contributed by atoms with E-state index in [9.17, 15) is 19.8 Å². The summed E-state index contributed by atoms with van der Waals surface area (Å²) in [4.78, 5) is 24.6. The maximum absolute atomic E-state index is 12.5. The molecule has 0 aliphatic heterocycles. The first-order valence-corrected chi connectivity index (χ1v) is 34.6. The molecule has 0 aromatic carbocycles. The molecule has 0 aromatic rings. The smallest absolute Gasteiger partial charge is 0.305 e. The molecule has 3 N–H and O–H groups in total. The minimum absolute atomic E-state index is 0.0197. The van der Waals surface area contributed by atoms with Crippen molar-refractivity contribution in [1.82, 2.24) is 5.32 Å². The van der Waals surface area contributed by atoms with Crippen LogP contribution in [0.5, 0.6) is 0 Å². The van der Waals surface area contributed by atoms with E-state index in [-0.39, 0.29) is 18.5 Å². The largest absolute Gasteiger partial charge is 0.466 e. The lowest BCUT2D eigenvalue weighted by atomic mass is 10.0. The molecule has 76 heavy (non-hydrogen) atoms. The van der Waals surface area contributed by atoms with Crippen molar-refractivity contribution in [3.63, 3.8) is 0 Å². The Labute approximate surface area is 475 Å². The van der Waals surface area contributed by atoms with Crippen LogP contribution >= 0.6 is 0 Å². The molecule has 0 radical (unpaired) electrons. The van der Waals surface area contributed by atoms with Gasteiger partial charge in [-0.15, -0.1) is 0 Å². The number of rotatable bonds is 65. The van der Waals surface area contributed by atoms with E-state index in [1.54, 1.807) is 6.08 Å². The van der Waals surface area contributed by atoms with Crippen LogP contribution in [0.3, 0.4) is 0 Å². The third-order valence-electron chi connectivity index (χ3n) is 16.2. The Kier molecular flexibility index (Phi) is 64.4. The predicted molar refractivity (Wildman–Crippen MR) is 333 cm³/mol. The Bertz CT molecular complexity index is 1190. The van der Waals surface area contributed by atoms with Gasteiger partial charge >= 0.3 is 5.97 Å². The number of aliphatic hydroxyl groups excluding tert-OH is 2. The summed E-state index contributed by atoms with van der Waals surface area (Å²) < 4.78 is 5.51. The summed E-state index contributed by atoms with van der Waals surface area (Å²) in [5, 5.41) is 23.1. The Balaban J connectivity index is 3.37. The standard InChI is InChI=1S/C70H135NO5/c1-3-5-7-9-11-13-15-17-19-20-33-36-40-44-48-52-56-60-64-70(75)76-65-61-57-53-49-45-41-37-34-31-29-27-25-23-21-22-24-26-28-30-32-35-39-43-47-51-55-59-63-69(74)71-67(66-72)68(73)62-58-54-50-46-42-38-18-16-14-12-10-8-6-4-2/h21-22,58,62,67-68,72-73H,3-20,23-57,59-61,63-66H2,1-2H3,(H,71,74)/b22-21-,62-58+. The summed E-state index contributed by atoms with van der Waals surface area (Å²) in [7, 11) is 0. The molecule has 0 aliphatic carbocycles. The number of ether oxygens (including phenoxy) is 1. The summed E-state index contributed by atoms with van der Waals surface area (Å²) >= 11 is 0. The normalized spacial score (nSPS) is 12.6. The summed E-state index contributed by atoms with van der Waals surface area (Å²) in [5.74, 6) is -0.0472. The van der Waals surface area contributed by atoms with Gasteiger partial charge in [0.2, 0.25) is 5.91 Å². The second kappa shape index (κ2) is 65.9. The van der Waals surface area contributed by atoms with E-state index in [1.807, 2.05) is 6.08 Å². The maximum atomic E-state index is 12.5. The molecule has 6 heteroatoms. The van der Waals surface area contributed by atoms with Gasteiger partial charge in [-0.05, 0) is 57.8 Å². The van der Waals surface area contributed by atoms with Gasteiger partial charge in [-0.1, -0.05) is 340 Å². The highest BCUT2D eigenvalue weighted by molar-refractivity contribution is 5.76. The number of hydrogen-bond donors (Lipinski definition) is 3. The van der Waals surface area contributed by atoms with E-state index in [2.05, 4.69) is 31.3 Å². The molecule has 0 saturated heterocycles. The lowest BCUT2D eigenvalue weighted by Gasteiger charge is -2.20. The molecule has 0 saturated carbocycles. The molecule has 6 nitrogen and oxygen atoms in total. The number of amides is 1. The van der Waals surface area contributed by atoms with Crippen LogP contribution in [-0.4, -0.2) is 47.4 Å². The molecule has 0 rings (SSSR count). The molecular formula is C70H135NO5. The van der Waals surface area contributed by atoms with E-state index < -0.39 is 12.1 Å². The number of carbonyl (C=O) groups excluding carboxylic acids is 2. The summed E-state index contributed by atoms with van der Waals surface area (Å²) in [6, 6.07) is -0.628. The van der Waals surface area contributed by atoms with Gasteiger partial charge in [-0.2, -0.15) is 0 Å². The van der Waals surface area contributed by atoms with E-state index >= 15 is 0 Å². The van der Waals surface area contributed by atoms with Gasteiger partial charge in [0.15, 0.2) is 0 Å². The van der Waals surface area contributed by atoms with Crippen molar-refractivity contribution >= 4 is 11.9 Å². The molecule has 2 atom stereocenters. The average molecular weight is 1070 g/mol. The van der Waals surface area contributed by atoms with Crippen LogP contribution in [-0.2, 0) is 14.3 Å². The summed E-state index contributed by atoms with van der Waals surface area (Å²) in [5.41, 5.74) is 0. The molecule has 0 fully saturated rings. The van der Waals surface area contributed by atoms with Gasteiger partial charge in [-0.3, -0.25) is 9.59 Å². The maximum Gasteiger partial charge on any atom is 0.305 e. The molecule has 0 heterocycles. The van der Waals surface area contributed by atoms with Crippen molar-refractivity contribution in [3.05, 3.63) is 24.3 Å². The third-order valence-corrected chi connectivity index (χ3v) is 16.2. The monoisotopic (exact) mass is 1070 g/mol. The zero-order chi connectivity index (χ0) is 55.0. The van der Waals surface area contributed by atoms with Gasteiger partial charge in [0, 0.05) is 12.8 Å². The summed E-state index contributed by atoms with van der Waals surface area (Å²) in [6.45, 7) is 4.94. The number of nitrogens with one attached hydrogen (secondary N) is 1. The van der Waals surface area contributed by atoms with Crippen LogP contribution < -0.4 is 5.32 Å². The Hall–Kier alpha value is -1.66. The van der Waals surface area contributed by atoms with Crippen molar-refractivity contribution in [2.75, 3.05) is 13.2 Å². The van der Waals surface area contributed by atoms with Crippen molar-refractivity contribution in [1.29, 1.82) is 0 Å². The molecule has 0 bridgehead atoms. The minimum atomic E-state index is -0.844. The van der Waals surface area contributed by atoms with E-state index in [1.165, 1.54) is 321 Å². The first kappa shape index (κ1) is 74.3. The minimum Gasteiger partial charge on any atom is -0.466 e. The first-order chi connectivity index (χ1) is 37.5. The fourth-order valence-electron chi connectivity index (χ4n) is 10.9. The summed E-state index contributed by atoms with van der Waals surface area (Å²) in [6.07, 6.45) is 82.5. The van der Waals surface area contributed by atoms with Gasteiger partial charge in [0.1, 0.15) is 0 Å². The molecule has 0 aromatic heterocycles. The SMILES string of the molecule is CCCCCCCCCCCCCC/C=C/C(O)C(CO)NC(=O)CCCCCCCCCCCCC/C=C\CCCCCCCCCCCCCCOC(=O)CCCCCCCCCCCCCCCCCCCC. The molecule has 2 unspecified atom stereocenters. The number of carbonyl (C=O) groups is 2. The molecule has 1 amide bonds. The lowest BCUT2D eigenvalue weighted by Crippen LogP contribution is -2.45. The zero-order valence-corrected chi connectivity index (χ0v) is 51.5. The fourth-order valence-corrected chi connectivity index (χ4v) is 10.9. The molecule has 0 spiro atoms. The Morgan fingerprint density at radius 2 is 0.618 bits per heavy atom. The quantitative estimate of drug-likeness (QED) is 0.0320. The van der Waals surface area contributed by atoms with Gasteiger partial charge in [0.25, 0.3) is 0 Å². The molecule has 450 valence electrons. The Morgan fingerprint density at radius 1 is 0.355 bits per heavy atom. The fraction of sp³-hybridized carbons (Fsp3) is 0.914. The second-order valence-corrected chi connectivity index (χ2v) is 23.9. The average Bonchev–Trinajstić information content (AvgIpc) is 3.42. The number of allylic oxidation sites excluding steroid dienone is 3. The van der Waals surface area contributed by atoms with Crippen molar-refractivity contribution < 1.29 is 24.5 Å². The van der Waals surface area contributed by atoms with Gasteiger partial charge in [0.05, 0.1) is 25.4 Å². The van der Waals surface area contributed by atoms with Crippen LogP contribution in [0.25, 0.3) is 0 Å². The van der Waals surface area contributed by atoms with Gasteiger partial charge < -0.3 is 20.3 Å². The van der Waals surface area contributed by atoms with E-state index in [4.69, 9.17) is 4.74 Å². The molecular weight excluding hydrogens is 935 g/mol. The van der Waals surface area contributed by atoms with Gasteiger partial charge in [-0.25, -0.2) is 0 Å². The molecule has 0 aliphatic rings. The van der Waals surface area contributed by atoms with Crippen molar-refractivity contribution in [2.45, 2.75) is 398 Å². The van der Waals surface area contributed by atoms with Crippen LogP contribution in [0.2, 0.25) is 0 Å². The number of hydrogen-bond acceptors (Lipinski definition) is 5. The van der Waals surface area contributed by atoms with E-state index in [0.717, 1.165) is 38.5 Å². The van der Waals surface area contributed by atoms with Crippen LogP contribution in [0, 0.1) is 0 Å². The van der Waals surface area contributed by atoms with Crippen LogP contribution in [0.1, 0.15) is 386 Å². The zero-order valence-electron chi connectivity index (χ0n) is 51.5. The highest BCUT2D eigenvalue weighted by Crippen LogP contribution is 2.18. The number of esters is 1. The van der Waals surface area contributed by atoms with Crippen LogP contribution in [0.15, 0.2) is 24.3 Å². The predicted octanol–water partition coefficient (Wildman–Crippen LogP) is 22.1. The highest BCUT2D eigenvalue weighted by Gasteiger charge is 2.18. The Morgan fingerprint density at radius 3 is 0.934 bits per heavy atom. The third kappa shape index (κ3) is 61.6. The van der Waals surface area contributed by atoms with E-state index in [0.29, 0.717) is 19.4 Å². The van der Waals surface area contributed by atoms with Crippen LogP contribution in [0.4, 0.5) is 0 Å². The highest BCUT2D eigenvalue weighted by atomic mass is 16.5. The second-order valence-electron chi connectivity index (χ2n) is 23.9. The van der Waals surface area contributed by atoms with Crippen molar-refractivity contribution in [2.24, 2.45) is 0 Å². The topological polar surface area (TPSA) is 95.9 Å². The van der Waals surface area contributed by atoms with Crippen molar-refractivity contribution in [3.8, 4) is 0 Å². The first-order valence-electron chi connectivity index (χ1n) is 34.6.